The number of esters is 2. The molecule has 1 fully saturated rings. The molecule has 11 heteroatoms. The van der Waals surface area contributed by atoms with Crippen LogP contribution in [-0.4, -0.2) is 82.5 Å². The normalized spacial score (nSPS) is 14.8. The number of nitrogens with zero attached hydrogens (tertiary/aromatic N) is 2. The summed E-state index contributed by atoms with van der Waals surface area (Å²) in [6, 6.07) is 3.96. The number of amides is 1. The Hall–Kier alpha value is -2.66. The first-order valence-corrected chi connectivity index (χ1v) is 11.8. The molecule has 0 aromatic heterocycles. The van der Waals surface area contributed by atoms with E-state index >= 15 is 0 Å². The molecule has 1 aromatic carbocycles. The fourth-order valence-electron chi connectivity index (χ4n) is 3.54. The van der Waals surface area contributed by atoms with Crippen molar-refractivity contribution in [3.8, 4) is 5.75 Å². The van der Waals surface area contributed by atoms with Crippen molar-refractivity contribution in [2.24, 2.45) is 5.92 Å². The van der Waals surface area contributed by atoms with Gasteiger partial charge in [0.25, 0.3) is 5.91 Å². The molecule has 1 heterocycles. The van der Waals surface area contributed by atoms with Crippen molar-refractivity contribution in [2.75, 3.05) is 47.0 Å². The zero-order valence-electron chi connectivity index (χ0n) is 18.8. The molecule has 0 radical (unpaired) electrons. The SMILES string of the molecule is CCN(CC)S(=O)(=O)c1cc(C(=O)OCC(=O)N2CCC(C(=O)OC)CC2)ccc1OC. The number of benzene rings is 1. The minimum Gasteiger partial charge on any atom is -0.495 e. The number of rotatable bonds is 9. The summed E-state index contributed by atoms with van der Waals surface area (Å²) in [5.74, 6) is -1.62. The lowest BCUT2D eigenvalue weighted by molar-refractivity contribution is -0.149. The van der Waals surface area contributed by atoms with E-state index in [4.69, 9.17) is 14.2 Å². The molecule has 1 aromatic rings. The van der Waals surface area contributed by atoms with Crippen molar-refractivity contribution in [1.29, 1.82) is 0 Å². The first-order valence-electron chi connectivity index (χ1n) is 10.4. The minimum absolute atomic E-state index is 0.00581. The van der Waals surface area contributed by atoms with Gasteiger partial charge in [0.2, 0.25) is 10.0 Å². The number of methoxy groups -OCH3 is 2. The van der Waals surface area contributed by atoms with Crippen LogP contribution < -0.4 is 4.74 Å². The molecule has 0 bridgehead atoms. The zero-order valence-corrected chi connectivity index (χ0v) is 19.6. The van der Waals surface area contributed by atoms with E-state index in [1.807, 2.05) is 0 Å². The number of hydrogen-bond acceptors (Lipinski definition) is 8. The van der Waals surface area contributed by atoms with Gasteiger partial charge in [-0.2, -0.15) is 4.31 Å². The van der Waals surface area contributed by atoms with Crippen LogP contribution in [0, 0.1) is 5.92 Å². The van der Waals surface area contributed by atoms with E-state index in [1.54, 1.807) is 13.8 Å². The number of ether oxygens (including phenoxy) is 3. The van der Waals surface area contributed by atoms with Gasteiger partial charge in [-0.15, -0.1) is 0 Å². The predicted octanol–water partition coefficient (Wildman–Crippen LogP) is 1.29. The number of carbonyl (C=O) groups excluding carboxylic acids is 3. The van der Waals surface area contributed by atoms with E-state index in [0.717, 1.165) is 0 Å². The molecule has 10 nitrogen and oxygen atoms in total. The lowest BCUT2D eigenvalue weighted by atomic mass is 9.97. The fraction of sp³-hybridized carbons (Fsp3) is 0.571. The Morgan fingerprint density at radius 2 is 1.72 bits per heavy atom. The Morgan fingerprint density at radius 1 is 1.09 bits per heavy atom. The van der Waals surface area contributed by atoms with Crippen LogP contribution in [0.1, 0.15) is 37.0 Å². The van der Waals surface area contributed by atoms with Crippen molar-refractivity contribution in [3.05, 3.63) is 23.8 Å². The van der Waals surface area contributed by atoms with E-state index < -0.39 is 22.6 Å². The molecule has 0 atom stereocenters. The molecule has 1 amide bonds. The van der Waals surface area contributed by atoms with Gasteiger partial charge in [0.1, 0.15) is 10.6 Å². The monoisotopic (exact) mass is 470 g/mol. The fourth-order valence-corrected chi connectivity index (χ4v) is 5.18. The Balaban J connectivity index is 2.06. The van der Waals surface area contributed by atoms with Crippen LogP contribution in [0.15, 0.2) is 23.1 Å². The zero-order chi connectivity index (χ0) is 23.9. The van der Waals surface area contributed by atoms with E-state index in [1.165, 1.54) is 41.6 Å². The summed E-state index contributed by atoms with van der Waals surface area (Å²) in [6.07, 6.45) is 0.967. The average molecular weight is 471 g/mol. The highest BCUT2D eigenvalue weighted by molar-refractivity contribution is 7.89. The average Bonchev–Trinajstić information content (AvgIpc) is 2.81. The number of likely N-dealkylation sites (tertiary alicyclic amines) is 1. The Labute approximate surface area is 188 Å². The second-order valence-electron chi connectivity index (χ2n) is 7.21. The van der Waals surface area contributed by atoms with Crippen LogP contribution in [0.3, 0.4) is 0 Å². The lowest BCUT2D eigenvalue weighted by Crippen LogP contribution is -2.42. The van der Waals surface area contributed by atoms with Crippen LogP contribution in [0.4, 0.5) is 0 Å². The van der Waals surface area contributed by atoms with E-state index in [2.05, 4.69) is 0 Å². The van der Waals surface area contributed by atoms with Gasteiger partial charge in [-0.3, -0.25) is 9.59 Å². The van der Waals surface area contributed by atoms with Crippen LogP contribution in [0.5, 0.6) is 5.75 Å². The summed E-state index contributed by atoms with van der Waals surface area (Å²) in [5.41, 5.74) is -0.00581. The third-order valence-electron chi connectivity index (χ3n) is 5.43. The van der Waals surface area contributed by atoms with E-state index in [0.29, 0.717) is 25.9 Å². The topological polar surface area (TPSA) is 120 Å². The van der Waals surface area contributed by atoms with Gasteiger partial charge in [-0.05, 0) is 31.0 Å². The molecule has 1 aliphatic rings. The van der Waals surface area contributed by atoms with Gasteiger partial charge < -0.3 is 19.1 Å². The summed E-state index contributed by atoms with van der Waals surface area (Å²) >= 11 is 0. The minimum atomic E-state index is -3.88. The third-order valence-corrected chi connectivity index (χ3v) is 7.50. The highest BCUT2D eigenvalue weighted by atomic mass is 32.2. The number of sulfonamides is 1. The quantitative estimate of drug-likeness (QED) is 0.495. The molecule has 32 heavy (non-hydrogen) atoms. The Kier molecular flexibility index (Phi) is 9.02. The summed E-state index contributed by atoms with van der Waals surface area (Å²) in [7, 11) is -1.20. The standard InChI is InChI=1S/C21H30N2O8S/c1-5-23(6-2)32(27,28)18-13-16(7-8-17(18)29-3)21(26)31-14-19(24)22-11-9-15(10-12-22)20(25)30-4/h7-8,13,15H,5-6,9-12,14H2,1-4H3. The van der Waals surface area contributed by atoms with Gasteiger partial charge in [-0.25, -0.2) is 13.2 Å². The second-order valence-corrected chi connectivity index (χ2v) is 9.12. The van der Waals surface area contributed by atoms with Gasteiger partial charge in [0, 0.05) is 26.2 Å². The molecular formula is C21H30N2O8S. The molecule has 2 rings (SSSR count). The first-order chi connectivity index (χ1) is 15.2. The lowest BCUT2D eigenvalue weighted by Gasteiger charge is -2.30. The largest absolute Gasteiger partial charge is 0.495 e. The third kappa shape index (κ3) is 5.77. The van der Waals surface area contributed by atoms with Gasteiger partial charge >= 0.3 is 11.9 Å². The smallest absolute Gasteiger partial charge is 0.338 e. The highest BCUT2D eigenvalue weighted by Gasteiger charge is 2.29. The maximum atomic E-state index is 12.9. The molecule has 1 aliphatic heterocycles. The van der Waals surface area contributed by atoms with Crippen molar-refractivity contribution >= 4 is 27.9 Å². The van der Waals surface area contributed by atoms with Crippen LogP contribution in [0.2, 0.25) is 0 Å². The Bertz CT molecular complexity index is 935. The molecule has 0 spiro atoms. The summed E-state index contributed by atoms with van der Waals surface area (Å²) in [6.45, 7) is 4.20. The van der Waals surface area contributed by atoms with Crippen LogP contribution >= 0.6 is 0 Å². The molecule has 0 saturated carbocycles. The van der Waals surface area contributed by atoms with Crippen molar-refractivity contribution in [3.63, 3.8) is 0 Å². The highest BCUT2D eigenvalue weighted by Crippen LogP contribution is 2.28. The van der Waals surface area contributed by atoms with Crippen LogP contribution in [0.25, 0.3) is 0 Å². The summed E-state index contributed by atoms with van der Waals surface area (Å²) < 4.78 is 42.1. The van der Waals surface area contributed by atoms with Gasteiger partial charge in [0.15, 0.2) is 6.61 Å². The molecule has 178 valence electrons. The number of hydrogen-bond donors (Lipinski definition) is 0. The van der Waals surface area contributed by atoms with Crippen LogP contribution in [-0.2, 0) is 29.1 Å². The van der Waals surface area contributed by atoms with Crippen molar-refractivity contribution in [1.82, 2.24) is 9.21 Å². The van der Waals surface area contributed by atoms with E-state index in [-0.39, 0.29) is 47.1 Å². The summed E-state index contributed by atoms with van der Waals surface area (Å²) in [4.78, 5) is 37.9. The molecule has 1 saturated heterocycles. The van der Waals surface area contributed by atoms with Crippen molar-refractivity contribution < 1.29 is 37.0 Å². The molecule has 0 N–H and O–H groups in total. The van der Waals surface area contributed by atoms with Gasteiger partial charge in [0.05, 0.1) is 25.7 Å². The second kappa shape index (κ2) is 11.3. The van der Waals surface area contributed by atoms with E-state index in [9.17, 15) is 22.8 Å². The van der Waals surface area contributed by atoms with Crippen molar-refractivity contribution in [2.45, 2.75) is 31.6 Å². The molecule has 0 aliphatic carbocycles. The Morgan fingerprint density at radius 3 is 2.25 bits per heavy atom. The summed E-state index contributed by atoms with van der Waals surface area (Å²) in [5, 5.41) is 0. The maximum Gasteiger partial charge on any atom is 0.338 e. The maximum absolute atomic E-state index is 12.9. The predicted molar refractivity (Wildman–Crippen MR) is 115 cm³/mol. The number of piperidine rings is 1. The first kappa shape index (κ1) is 25.6. The molecular weight excluding hydrogens is 440 g/mol. The van der Waals surface area contributed by atoms with Gasteiger partial charge in [-0.1, -0.05) is 13.8 Å². The molecule has 0 unspecified atom stereocenters. The number of carbonyl (C=O) groups is 3.